The van der Waals surface area contributed by atoms with Crippen LogP contribution in [0, 0.1) is 0 Å². The van der Waals surface area contributed by atoms with E-state index in [0.29, 0.717) is 0 Å². The fourth-order valence-electron chi connectivity index (χ4n) is 1.68. The number of nitrogens with one attached hydrogen (secondary N) is 1. The summed E-state index contributed by atoms with van der Waals surface area (Å²) in [4.78, 5) is 34.1. The van der Waals surface area contributed by atoms with E-state index in [1.54, 1.807) is 12.1 Å². The van der Waals surface area contributed by atoms with Gasteiger partial charge in [0.05, 0.1) is 12.6 Å². The first-order chi connectivity index (χ1) is 9.31. The normalized spacial score (nSPS) is 10.6. The minimum atomic E-state index is -0.906. The lowest BCUT2D eigenvalue weighted by Gasteiger charge is -2.26. The van der Waals surface area contributed by atoms with E-state index in [-0.39, 0.29) is 11.5 Å². The zero-order valence-electron chi connectivity index (χ0n) is 11.7. The lowest BCUT2D eigenvalue weighted by Crippen LogP contribution is -2.40. The van der Waals surface area contributed by atoms with Crippen LogP contribution < -0.4 is 5.32 Å². The SMILES string of the molecule is C=CC(=O)NC(C)(C)c1ccc(C(=O)C(=O)OC)cc1. The van der Waals surface area contributed by atoms with Gasteiger partial charge in [-0.05, 0) is 25.5 Å². The Morgan fingerprint density at radius 1 is 1.20 bits per heavy atom. The molecule has 0 radical (unpaired) electrons. The lowest BCUT2D eigenvalue weighted by molar-refractivity contribution is -0.135. The van der Waals surface area contributed by atoms with Crippen LogP contribution in [0.25, 0.3) is 0 Å². The predicted molar refractivity (Wildman–Crippen MR) is 74.2 cm³/mol. The van der Waals surface area contributed by atoms with E-state index in [1.165, 1.54) is 18.2 Å². The Balaban J connectivity index is 2.96. The van der Waals surface area contributed by atoms with Crippen molar-refractivity contribution in [2.75, 3.05) is 7.11 Å². The van der Waals surface area contributed by atoms with Gasteiger partial charge in [-0.1, -0.05) is 30.8 Å². The fraction of sp³-hybridized carbons (Fsp3) is 0.267. The molecule has 0 aliphatic carbocycles. The van der Waals surface area contributed by atoms with Crippen molar-refractivity contribution in [3.8, 4) is 0 Å². The summed E-state index contributed by atoms with van der Waals surface area (Å²) in [5, 5.41) is 2.77. The molecule has 0 spiro atoms. The molecule has 0 unspecified atom stereocenters. The maximum Gasteiger partial charge on any atom is 0.379 e. The maximum absolute atomic E-state index is 11.6. The monoisotopic (exact) mass is 275 g/mol. The Hall–Kier alpha value is -2.43. The van der Waals surface area contributed by atoms with Crippen LogP contribution in [0.5, 0.6) is 0 Å². The molecule has 0 aromatic heterocycles. The number of benzene rings is 1. The third-order valence-corrected chi connectivity index (χ3v) is 2.86. The number of hydrogen-bond acceptors (Lipinski definition) is 4. The molecule has 0 aliphatic heterocycles. The van der Waals surface area contributed by atoms with Gasteiger partial charge in [-0.3, -0.25) is 9.59 Å². The Morgan fingerprint density at radius 3 is 2.20 bits per heavy atom. The molecule has 20 heavy (non-hydrogen) atoms. The zero-order valence-corrected chi connectivity index (χ0v) is 11.7. The van der Waals surface area contributed by atoms with Gasteiger partial charge in [0.25, 0.3) is 5.78 Å². The number of esters is 1. The summed E-state index contributed by atoms with van der Waals surface area (Å²) in [6.45, 7) is 7.05. The van der Waals surface area contributed by atoms with Gasteiger partial charge in [0.15, 0.2) is 0 Å². The van der Waals surface area contributed by atoms with Crippen molar-refractivity contribution in [3.05, 3.63) is 48.0 Å². The molecule has 0 atom stereocenters. The molecule has 0 aliphatic rings. The summed E-state index contributed by atoms with van der Waals surface area (Å²) in [7, 11) is 1.16. The van der Waals surface area contributed by atoms with Crippen molar-refractivity contribution >= 4 is 17.7 Å². The van der Waals surface area contributed by atoms with Crippen molar-refractivity contribution in [3.63, 3.8) is 0 Å². The number of carbonyl (C=O) groups is 3. The Kier molecular flexibility index (Phi) is 4.80. The molecule has 0 bridgehead atoms. The van der Waals surface area contributed by atoms with Crippen molar-refractivity contribution in [2.45, 2.75) is 19.4 Å². The average molecular weight is 275 g/mol. The topological polar surface area (TPSA) is 72.5 Å². The van der Waals surface area contributed by atoms with Crippen LogP contribution in [-0.2, 0) is 19.9 Å². The van der Waals surface area contributed by atoms with Crippen LogP contribution >= 0.6 is 0 Å². The summed E-state index contributed by atoms with van der Waals surface area (Å²) in [6.07, 6.45) is 1.19. The first-order valence-electron chi connectivity index (χ1n) is 5.99. The second kappa shape index (κ2) is 6.14. The molecule has 1 amide bonds. The molecule has 0 heterocycles. The highest BCUT2D eigenvalue weighted by Crippen LogP contribution is 2.20. The van der Waals surface area contributed by atoms with Gasteiger partial charge < -0.3 is 10.1 Å². The summed E-state index contributed by atoms with van der Waals surface area (Å²) < 4.78 is 4.37. The highest BCUT2D eigenvalue weighted by molar-refractivity contribution is 6.40. The average Bonchev–Trinajstić information content (AvgIpc) is 2.45. The predicted octanol–water partition coefficient (Wildman–Crippen LogP) is 1.58. The second-order valence-electron chi connectivity index (χ2n) is 4.72. The van der Waals surface area contributed by atoms with Crippen molar-refractivity contribution in [2.24, 2.45) is 0 Å². The molecule has 5 heteroatoms. The minimum absolute atomic E-state index is 0.242. The van der Waals surface area contributed by atoms with E-state index < -0.39 is 17.3 Å². The lowest BCUT2D eigenvalue weighted by atomic mass is 9.93. The smallest absolute Gasteiger partial charge is 0.379 e. The molecule has 1 aromatic carbocycles. The Labute approximate surface area is 117 Å². The quantitative estimate of drug-likeness (QED) is 0.383. The van der Waals surface area contributed by atoms with E-state index in [9.17, 15) is 14.4 Å². The van der Waals surface area contributed by atoms with E-state index >= 15 is 0 Å². The van der Waals surface area contributed by atoms with E-state index in [1.807, 2.05) is 13.8 Å². The van der Waals surface area contributed by atoms with Crippen LogP contribution in [0.15, 0.2) is 36.9 Å². The van der Waals surface area contributed by atoms with Gasteiger partial charge in [0.1, 0.15) is 0 Å². The highest BCUT2D eigenvalue weighted by atomic mass is 16.5. The molecule has 1 rings (SSSR count). The van der Waals surface area contributed by atoms with Crippen LogP contribution in [0.3, 0.4) is 0 Å². The van der Waals surface area contributed by atoms with Gasteiger partial charge in [-0.2, -0.15) is 0 Å². The first kappa shape index (κ1) is 15.6. The number of Topliss-reactive ketones (excluding diaryl/α,β-unsaturated/α-hetero) is 1. The maximum atomic E-state index is 11.6. The molecule has 1 aromatic rings. The molecular weight excluding hydrogens is 258 g/mol. The molecule has 1 N–H and O–H groups in total. The third kappa shape index (κ3) is 3.54. The number of amides is 1. The van der Waals surface area contributed by atoms with Crippen LogP contribution in [0.2, 0.25) is 0 Å². The summed E-state index contributed by atoms with van der Waals surface area (Å²) in [5.74, 6) is -1.89. The number of ketones is 1. The largest absolute Gasteiger partial charge is 0.463 e. The second-order valence-corrected chi connectivity index (χ2v) is 4.72. The molecular formula is C15H17NO4. The number of carbonyl (C=O) groups excluding carboxylic acids is 3. The van der Waals surface area contributed by atoms with Gasteiger partial charge >= 0.3 is 5.97 Å². The number of hydrogen-bond donors (Lipinski definition) is 1. The number of methoxy groups -OCH3 is 1. The number of ether oxygens (including phenoxy) is 1. The Morgan fingerprint density at radius 2 is 1.75 bits per heavy atom. The standard InChI is InChI=1S/C15H17NO4/c1-5-12(17)16-15(2,3)11-8-6-10(7-9-11)13(18)14(19)20-4/h5-9H,1H2,2-4H3,(H,16,17). The van der Waals surface area contributed by atoms with Gasteiger partial charge in [0.2, 0.25) is 5.91 Å². The molecule has 0 saturated carbocycles. The summed E-state index contributed by atoms with van der Waals surface area (Å²) in [5.41, 5.74) is 0.429. The third-order valence-electron chi connectivity index (χ3n) is 2.86. The fourth-order valence-corrected chi connectivity index (χ4v) is 1.68. The molecule has 0 saturated heterocycles. The van der Waals surface area contributed by atoms with E-state index in [4.69, 9.17) is 0 Å². The van der Waals surface area contributed by atoms with Gasteiger partial charge in [-0.15, -0.1) is 0 Å². The summed E-state index contributed by atoms with van der Waals surface area (Å²) >= 11 is 0. The van der Waals surface area contributed by atoms with E-state index in [2.05, 4.69) is 16.6 Å². The first-order valence-corrected chi connectivity index (χ1v) is 5.99. The Bertz CT molecular complexity index is 543. The van der Waals surface area contributed by atoms with E-state index in [0.717, 1.165) is 12.7 Å². The number of rotatable bonds is 5. The molecule has 5 nitrogen and oxygen atoms in total. The molecule has 0 fully saturated rings. The summed E-state index contributed by atoms with van der Waals surface area (Å²) in [6, 6.07) is 6.41. The minimum Gasteiger partial charge on any atom is -0.463 e. The van der Waals surface area contributed by atoms with Crippen LogP contribution in [-0.4, -0.2) is 24.8 Å². The highest BCUT2D eigenvalue weighted by Gasteiger charge is 2.23. The zero-order chi connectivity index (χ0) is 15.3. The van der Waals surface area contributed by atoms with Crippen molar-refractivity contribution in [1.82, 2.24) is 5.32 Å². The van der Waals surface area contributed by atoms with Crippen molar-refractivity contribution in [1.29, 1.82) is 0 Å². The van der Waals surface area contributed by atoms with Gasteiger partial charge in [0, 0.05) is 5.56 Å². The van der Waals surface area contributed by atoms with Crippen LogP contribution in [0.4, 0.5) is 0 Å². The van der Waals surface area contributed by atoms with Crippen molar-refractivity contribution < 1.29 is 19.1 Å². The van der Waals surface area contributed by atoms with Gasteiger partial charge in [-0.25, -0.2) is 4.79 Å². The van der Waals surface area contributed by atoms with Crippen LogP contribution in [0.1, 0.15) is 29.8 Å². The molecule has 106 valence electrons.